The van der Waals surface area contributed by atoms with Gasteiger partial charge in [0.05, 0.1) is 13.2 Å². The minimum atomic E-state index is -0.240. The molecular formula is C13H16N2O3S. The number of cyclic esters (lactones) is 1. The summed E-state index contributed by atoms with van der Waals surface area (Å²) < 4.78 is 10.4. The Labute approximate surface area is 117 Å². The first-order chi connectivity index (χ1) is 9.16. The number of rotatable bonds is 6. The molecule has 0 saturated carbocycles. The average Bonchev–Trinajstić information content (AvgIpc) is 2.81. The Kier molecular flexibility index (Phi) is 4.57. The summed E-state index contributed by atoms with van der Waals surface area (Å²) >= 11 is 4.91. The van der Waals surface area contributed by atoms with Crippen LogP contribution in [0.1, 0.15) is 12.0 Å². The van der Waals surface area contributed by atoms with Gasteiger partial charge in [0.25, 0.3) is 0 Å². The second-order valence-corrected chi connectivity index (χ2v) is 4.64. The van der Waals surface area contributed by atoms with E-state index in [2.05, 4.69) is 0 Å². The predicted molar refractivity (Wildman–Crippen MR) is 75.4 cm³/mol. The van der Waals surface area contributed by atoms with Gasteiger partial charge in [0.1, 0.15) is 17.3 Å². The number of amides is 1. The van der Waals surface area contributed by atoms with Crippen LogP contribution >= 0.6 is 12.2 Å². The minimum Gasteiger partial charge on any atom is -0.494 e. The zero-order chi connectivity index (χ0) is 13.7. The van der Waals surface area contributed by atoms with E-state index in [1.807, 2.05) is 24.3 Å². The first-order valence-electron chi connectivity index (χ1n) is 6.11. The number of thiocarbonyl (C=S) groups is 1. The summed E-state index contributed by atoms with van der Waals surface area (Å²) in [7, 11) is 0. The molecule has 0 spiro atoms. The van der Waals surface area contributed by atoms with Gasteiger partial charge in [-0.1, -0.05) is 24.4 Å². The molecule has 1 saturated heterocycles. The summed E-state index contributed by atoms with van der Waals surface area (Å²) in [6.45, 7) is 2.32. The van der Waals surface area contributed by atoms with Gasteiger partial charge in [-0.25, -0.2) is 4.79 Å². The zero-order valence-corrected chi connectivity index (χ0v) is 11.3. The summed E-state index contributed by atoms with van der Waals surface area (Å²) in [5, 5.41) is 0. The molecule has 1 fully saturated rings. The largest absolute Gasteiger partial charge is 0.494 e. The van der Waals surface area contributed by atoms with Crippen LogP contribution in [-0.4, -0.2) is 42.3 Å². The van der Waals surface area contributed by atoms with Crippen molar-refractivity contribution in [1.82, 2.24) is 4.90 Å². The molecule has 0 radical (unpaired) electrons. The first-order valence-corrected chi connectivity index (χ1v) is 6.52. The third-order valence-electron chi connectivity index (χ3n) is 2.80. The molecule has 1 aromatic carbocycles. The summed E-state index contributed by atoms with van der Waals surface area (Å²) in [4.78, 5) is 13.2. The molecule has 19 heavy (non-hydrogen) atoms. The van der Waals surface area contributed by atoms with Crippen molar-refractivity contribution in [3.8, 4) is 5.75 Å². The van der Waals surface area contributed by atoms with Crippen LogP contribution in [0, 0.1) is 0 Å². The van der Waals surface area contributed by atoms with Crippen molar-refractivity contribution in [3.05, 3.63) is 29.8 Å². The van der Waals surface area contributed by atoms with Gasteiger partial charge in [0.2, 0.25) is 0 Å². The quantitative estimate of drug-likeness (QED) is 0.632. The molecule has 1 amide bonds. The van der Waals surface area contributed by atoms with E-state index in [9.17, 15) is 4.79 Å². The maximum atomic E-state index is 11.2. The van der Waals surface area contributed by atoms with E-state index >= 15 is 0 Å². The van der Waals surface area contributed by atoms with Crippen LogP contribution in [0.3, 0.4) is 0 Å². The highest BCUT2D eigenvalue weighted by molar-refractivity contribution is 7.80. The van der Waals surface area contributed by atoms with Crippen LogP contribution in [0.2, 0.25) is 0 Å². The maximum Gasteiger partial charge on any atom is 0.409 e. The molecule has 0 unspecified atom stereocenters. The van der Waals surface area contributed by atoms with Gasteiger partial charge in [-0.2, -0.15) is 0 Å². The topological polar surface area (TPSA) is 64.8 Å². The van der Waals surface area contributed by atoms with Gasteiger partial charge < -0.3 is 20.1 Å². The van der Waals surface area contributed by atoms with Crippen molar-refractivity contribution in [2.24, 2.45) is 5.73 Å². The van der Waals surface area contributed by atoms with Gasteiger partial charge in [0.15, 0.2) is 0 Å². The number of benzene rings is 1. The smallest absolute Gasteiger partial charge is 0.409 e. The lowest BCUT2D eigenvalue weighted by molar-refractivity contribution is 0.156. The number of ether oxygens (including phenoxy) is 2. The zero-order valence-electron chi connectivity index (χ0n) is 10.5. The Hall–Kier alpha value is -1.82. The maximum absolute atomic E-state index is 11.2. The average molecular weight is 280 g/mol. The molecule has 2 N–H and O–H groups in total. The lowest BCUT2D eigenvalue weighted by atomic mass is 10.2. The molecule has 1 aliphatic heterocycles. The molecular weight excluding hydrogens is 264 g/mol. The van der Waals surface area contributed by atoms with Crippen LogP contribution in [0.25, 0.3) is 0 Å². The standard InChI is InChI=1S/C13H16N2O3S/c14-12(19)10-3-1-4-11(9-10)17-7-2-5-15-6-8-18-13(15)16/h1,3-4,9H,2,5-8H2,(H2,14,19). The van der Waals surface area contributed by atoms with Crippen molar-refractivity contribution in [2.75, 3.05) is 26.3 Å². The van der Waals surface area contributed by atoms with Crippen molar-refractivity contribution >= 4 is 23.3 Å². The molecule has 1 aliphatic rings. The van der Waals surface area contributed by atoms with E-state index in [1.165, 1.54) is 0 Å². The predicted octanol–water partition coefficient (Wildman–Crippen LogP) is 1.54. The minimum absolute atomic E-state index is 0.240. The fourth-order valence-electron chi connectivity index (χ4n) is 1.81. The van der Waals surface area contributed by atoms with E-state index in [4.69, 9.17) is 27.4 Å². The third kappa shape index (κ3) is 3.82. The highest BCUT2D eigenvalue weighted by Gasteiger charge is 2.20. The van der Waals surface area contributed by atoms with E-state index in [-0.39, 0.29) is 6.09 Å². The molecule has 0 aliphatic carbocycles. The molecule has 0 bridgehead atoms. The van der Waals surface area contributed by atoms with Crippen molar-refractivity contribution < 1.29 is 14.3 Å². The Morgan fingerprint density at radius 3 is 3.05 bits per heavy atom. The molecule has 102 valence electrons. The molecule has 1 heterocycles. The van der Waals surface area contributed by atoms with Gasteiger partial charge in [-0.15, -0.1) is 0 Å². The van der Waals surface area contributed by atoms with Gasteiger partial charge in [0, 0.05) is 12.1 Å². The fraction of sp³-hybridized carbons (Fsp3) is 0.385. The molecule has 2 rings (SSSR count). The molecule has 1 aromatic rings. The van der Waals surface area contributed by atoms with Crippen LogP contribution in [0.4, 0.5) is 4.79 Å². The Balaban J connectivity index is 1.75. The number of carbonyl (C=O) groups excluding carboxylic acids is 1. The first kappa shape index (κ1) is 13.6. The van der Waals surface area contributed by atoms with Gasteiger partial charge >= 0.3 is 6.09 Å². The van der Waals surface area contributed by atoms with E-state index in [0.29, 0.717) is 31.3 Å². The summed E-state index contributed by atoms with van der Waals surface area (Å²) in [5.74, 6) is 0.731. The normalized spacial score (nSPS) is 14.3. The number of nitrogens with two attached hydrogens (primary N) is 1. The molecule has 5 nitrogen and oxygen atoms in total. The monoisotopic (exact) mass is 280 g/mol. The van der Waals surface area contributed by atoms with Crippen LogP contribution in [-0.2, 0) is 4.74 Å². The molecule has 0 atom stereocenters. The van der Waals surface area contributed by atoms with E-state index < -0.39 is 0 Å². The highest BCUT2D eigenvalue weighted by Crippen LogP contribution is 2.13. The van der Waals surface area contributed by atoms with Crippen LogP contribution < -0.4 is 10.5 Å². The summed E-state index contributed by atoms with van der Waals surface area (Å²) in [5.41, 5.74) is 6.34. The fourth-order valence-corrected chi connectivity index (χ4v) is 1.94. The number of nitrogens with zero attached hydrogens (tertiary/aromatic N) is 1. The number of hydrogen-bond donors (Lipinski definition) is 1. The third-order valence-corrected chi connectivity index (χ3v) is 3.04. The summed E-state index contributed by atoms with van der Waals surface area (Å²) in [6.07, 6.45) is 0.516. The van der Waals surface area contributed by atoms with Crippen LogP contribution in [0.15, 0.2) is 24.3 Å². The molecule has 6 heteroatoms. The number of hydrogen-bond acceptors (Lipinski definition) is 4. The Bertz CT molecular complexity index is 479. The summed E-state index contributed by atoms with van der Waals surface area (Å²) in [6, 6.07) is 7.36. The SMILES string of the molecule is NC(=S)c1cccc(OCCCN2CCOC2=O)c1. The van der Waals surface area contributed by atoms with Crippen molar-refractivity contribution in [1.29, 1.82) is 0 Å². The van der Waals surface area contributed by atoms with E-state index in [1.54, 1.807) is 4.90 Å². The van der Waals surface area contributed by atoms with Gasteiger partial charge in [-0.3, -0.25) is 0 Å². The highest BCUT2D eigenvalue weighted by atomic mass is 32.1. The Morgan fingerprint density at radius 1 is 1.53 bits per heavy atom. The van der Waals surface area contributed by atoms with Crippen molar-refractivity contribution in [2.45, 2.75) is 6.42 Å². The second-order valence-electron chi connectivity index (χ2n) is 4.20. The lowest BCUT2D eigenvalue weighted by Crippen LogP contribution is -2.26. The number of carbonyl (C=O) groups is 1. The van der Waals surface area contributed by atoms with Crippen LogP contribution in [0.5, 0.6) is 5.75 Å². The lowest BCUT2D eigenvalue weighted by Gasteiger charge is -2.12. The molecule has 0 aromatic heterocycles. The van der Waals surface area contributed by atoms with E-state index in [0.717, 1.165) is 17.7 Å². The van der Waals surface area contributed by atoms with Crippen molar-refractivity contribution in [3.63, 3.8) is 0 Å². The van der Waals surface area contributed by atoms with Gasteiger partial charge in [-0.05, 0) is 18.6 Å². The second kappa shape index (κ2) is 6.38. The Morgan fingerprint density at radius 2 is 2.37 bits per heavy atom.